The molecule has 1 fully saturated rings. The maximum absolute atomic E-state index is 9.77. The minimum absolute atomic E-state index is 0.185. The number of nitrogens with zero attached hydrogens (tertiary/aromatic N) is 2. The molecule has 0 aliphatic carbocycles. The number of aliphatic hydroxyl groups excluding tert-OH is 1. The fourth-order valence-corrected chi connectivity index (χ4v) is 2.31. The number of piperidine rings is 1. The second kappa shape index (κ2) is 4.70. The molecule has 4 heteroatoms. The lowest BCUT2D eigenvalue weighted by atomic mass is 9.98. The molecule has 4 nitrogen and oxygen atoms in total. The zero-order valence-corrected chi connectivity index (χ0v) is 9.63. The first-order valence-corrected chi connectivity index (χ1v) is 5.85. The van der Waals surface area contributed by atoms with Crippen LogP contribution in [0.5, 0.6) is 0 Å². The number of pyridine rings is 1. The molecule has 0 radical (unpaired) electrons. The maximum atomic E-state index is 9.77. The summed E-state index contributed by atoms with van der Waals surface area (Å²) >= 11 is 0. The highest BCUT2D eigenvalue weighted by atomic mass is 16.3. The molecule has 1 aliphatic heterocycles. The number of nitrogen functional groups attached to an aromatic ring is 1. The molecule has 0 bridgehead atoms. The molecule has 2 unspecified atom stereocenters. The van der Waals surface area contributed by atoms with E-state index in [1.165, 1.54) is 6.42 Å². The van der Waals surface area contributed by atoms with Crippen LogP contribution >= 0.6 is 0 Å². The van der Waals surface area contributed by atoms with Gasteiger partial charge in [-0.25, -0.2) is 4.98 Å². The van der Waals surface area contributed by atoms with Gasteiger partial charge in [0.05, 0.1) is 24.0 Å². The minimum Gasteiger partial charge on any atom is -0.397 e. The van der Waals surface area contributed by atoms with Crippen molar-refractivity contribution in [2.45, 2.75) is 38.3 Å². The number of hydrogen-bond donors (Lipinski definition) is 2. The van der Waals surface area contributed by atoms with Crippen LogP contribution in [-0.4, -0.2) is 28.8 Å². The Hall–Kier alpha value is -1.29. The van der Waals surface area contributed by atoms with Gasteiger partial charge in [-0.15, -0.1) is 0 Å². The first kappa shape index (κ1) is 11.2. The quantitative estimate of drug-likeness (QED) is 0.792. The first-order valence-electron chi connectivity index (χ1n) is 5.85. The highest BCUT2D eigenvalue weighted by Crippen LogP contribution is 2.25. The Bertz CT molecular complexity index is 337. The number of anilines is 2. The summed E-state index contributed by atoms with van der Waals surface area (Å²) in [6.07, 6.45) is 4.72. The van der Waals surface area contributed by atoms with Crippen molar-refractivity contribution in [1.82, 2.24) is 4.98 Å². The number of rotatable bonds is 2. The van der Waals surface area contributed by atoms with Crippen LogP contribution in [0, 0.1) is 0 Å². The van der Waals surface area contributed by atoms with Gasteiger partial charge in [0.1, 0.15) is 5.82 Å². The molecule has 2 rings (SSSR count). The lowest BCUT2D eigenvalue weighted by Crippen LogP contribution is -2.46. The number of aliphatic hydroxyl groups is 1. The number of nitrogens with two attached hydrogens (primary N) is 1. The fraction of sp³-hybridized carbons (Fsp3) is 0.583. The standard InChI is InChI=1S/C12H19N3O/c1-9(16)11-4-2-3-7-15(11)12-6-5-10(13)8-14-12/h5-6,8-9,11,16H,2-4,7,13H2,1H3. The number of hydrogen-bond acceptors (Lipinski definition) is 4. The molecule has 16 heavy (non-hydrogen) atoms. The lowest BCUT2D eigenvalue weighted by Gasteiger charge is -2.38. The Labute approximate surface area is 96.1 Å². The van der Waals surface area contributed by atoms with E-state index >= 15 is 0 Å². The molecule has 0 amide bonds. The molecule has 2 atom stereocenters. The van der Waals surface area contributed by atoms with Gasteiger partial charge in [0, 0.05) is 6.54 Å². The summed E-state index contributed by atoms with van der Waals surface area (Å²) in [5.41, 5.74) is 6.30. The molecule has 0 aromatic carbocycles. The molecular weight excluding hydrogens is 202 g/mol. The van der Waals surface area contributed by atoms with Crippen LogP contribution in [0.15, 0.2) is 18.3 Å². The molecule has 2 heterocycles. The van der Waals surface area contributed by atoms with Crippen molar-refractivity contribution in [3.05, 3.63) is 18.3 Å². The van der Waals surface area contributed by atoms with Crippen LogP contribution in [0.25, 0.3) is 0 Å². The molecule has 88 valence electrons. The van der Waals surface area contributed by atoms with Gasteiger partial charge in [0.25, 0.3) is 0 Å². The van der Waals surface area contributed by atoms with Crippen molar-refractivity contribution in [3.8, 4) is 0 Å². The highest BCUT2D eigenvalue weighted by molar-refractivity contribution is 5.47. The largest absolute Gasteiger partial charge is 0.397 e. The van der Waals surface area contributed by atoms with Crippen molar-refractivity contribution >= 4 is 11.5 Å². The van der Waals surface area contributed by atoms with Gasteiger partial charge in [-0.3, -0.25) is 0 Å². The van der Waals surface area contributed by atoms with E-state index in [9.17, 15) is 5.11 Å². The van der Waals surface area contributed by atoms with Crippen molar-refractivity contribution in [1.29, 1.82) is 0 Å². The summed E-state index contributed by atoms with van der Waals surface area (Å²) in [6, 6.07) is 3.97. The SMILES string of the molecule is CC(O)C1CCCCN1c1ccc(N)cn1. The molecule has 1 aliphatic rings. The molecular formula is C12H19N3O. The topological polar surface area (TPSA) is 62.4 Å². The van der Waals surface area contributed by atoms with E-state index in [1.807, 2.05) is 19.1 Å². The highest BCUT2D eigenvalue weighted by Gasteiger charge is 2.26. The first-order chi connectivity index (χ1) is 7.68. The zero-order chi connectivity index (χ0) is 11.5. The van der Waals surface area contributed by atoms with E-state index in [1.54, 1.807) is 6.20 Å². The minimum atomic E-state index is -0.320. The third-order valence-electron chi connectivity index (χ3n) is 3.17. The Morgan fingerprint density at radius 3 is 2.94 bits per heavy atom. The van der Waals surface area contributed by atoms with Crippen LogP contribution in [0.2, 0.25) is 0 Å². The van der Waals surface area contributed by atoms with Crippen LogP contribution in [0.1, 0.15) is 26.2 Å². The van der Waals surface area contributed by atoms with Crippen molar-refractivity contribution in [2.75, 3.05) is 17.2 Å². The average Bonchev–Trinajstić information content (AvgIpc) is 2.30. The Kier molecular flexibility index (Phi) is 3.29. The third kappa shape index (κ3) is 2.27. The Morgan fingerprint density at radius 1 is 1.50 bits per heavy atom. The van der Waals surface area contributed by atoms with Gasteiger partial charge >= 0.3 is 0 Å². The summed E-state index contributed by atoms with van der Waals surface area (Å²) < 4.78 is 0. The third-order valence-corrected chi connectivity index (χ3v) is 3.17. The second-order valence-corrected chi connectivity index (χ2v) is 4.45. The van der Waals surface area contributed by atoms with Gasteiger partial charge in [0.2, 0.25) is 0 Å². The molecule has 0 saturated carbocycles. The molecule has 1 aromatic rings. The molecule has 0 spiro atoms. The zero-order valence-electron chi connectivity index (χ0n) is 9.63. The summed E-state index contributed by atoms with van der Waals surface area (Å²) in [7, 11) is 0. The van der Waals surface area contributed by atoms with Gasteiger partial charge in [-0.1, -0.05) is 0 Å². The summed E-state index contributed by atoms with van der Waals surface area (Å²) in [5.74, 6) is 0.916. The van der Waals surface area contributed by atoms with Crippen LogP contribution < -0.4 is 10.6 Å². The van der Waals surface area contributed by atoms with E-state index < -0.39 is 0 Å². The molecule has 3 N–H and O–H groups in total. The van der Waals surface area contributed by atoms with Crippen molar-refractivity contribution < 1.29 is 5.11 Å². The van der Waals surface area contributed by atoms with E-state index in [0.29, 0.717) is 5.69 Å². The van der Waals surface area contributed by atoms with Gasteiger partial charge in [-0.05, 0) is 38.3 Å². The van der Waals surface area contributed by atoms with Crippen molar-refractivity contribution in [3.63, 3.8) is 0 Å². The van der Waals surface area contributed by atoms with Gasteiger partial charge in [0.15, 0.2) is 0 Å². The normalized spacial score (nSPS) is 23.1. The average molecular weight is 221 g/mol. The maximum Gasteiger partial charge on any atom is 0.128 e. The molecule has 1 aromatic heterocycles. The Morgan fingerprint density at radius 2 is 2.31 bits per heavy atom. The summed E-state index contributed by atoms with van der Waals surface area (Å²) in [4.78, 5) is 6.51. The second-order valence-electron chi connectivity index (χ2n) is 4.45. The van der Waals surface area contributed by atoms with Crippen LogP contribution in [0.3, 0.4) is 0 Å². The van der Waals surface area contributed by atoms with Crippen LogP contribution in [0.4, 0.5) is 11.5 Å². The monoisotopic (exact) mass is 221 g/mol. The lowest BCUT2D eigenvalue weighted by molar-refractivity contribution is 0.145. The van der Waals surface area contributed by atoms with E-state index in [2.05, 4.69) is 9.88 Å². The number of aromatic nitrogens is 1. The van der Waals surface area contributed by atoms with E-state index in [4.69, 9.17) is 5.73 Å². The Balaban J connectivity index is 2.19. The summed E-state index contributed by atoms with van der Waals surface area (Å²) in [6.45, 7) is 2.81. The predicted molar refractivity (Wildman–Crippen MR) is 65.3 cm³/mol. The fourth-order valence-electron chi connectivity index (χ4n) is 2.31. The van der Waals surface area contributed by atoms with Gasteiger partial charge < -0.3 is 15.7 Å². The van der Waals surface area contributed by atoms with E-state index in [0.717, 1.165) is 25.2 Å². The predicted octanol–water partition coefficient (Wildman–Crippen LogP) is 1.40. The molecule has 1 saturated heterocycles. The smallest absolute Gasteiger partial charge is 0.128 e. The summed E-state index contributed by atoms with van der Waals surface area (Å²) in [5, 5.41) is 9.77. The van der Waals surface area contributed by atoms with E-state index in [-0.39, 0.29) is 12.1 Å². The van der Waals surface area contributed by atoms with Crippen molar-refractivity contribution in [2.24, 2.45) is 0 Å². The van der Waals surface area contributed by atoms with Gasteiger partial charge in [-0.2, -0.15) is 0 Å². The van der Waals surface area contributed by atoms with Crippen LogP contribution in [-0.2, 0) is 0 Å².